The molecule has 0 amide bonds. The number of aliphatic hydroxyl groups is 1. The van der Waals surface area contributed by atoms with Crippen molar-refractivity contribution >= 4 is 11.9 Å². The van der Waals surface area contributed by atoms with Gasteiger partial charge in [-0.1, -0.05) is 12.1 Å². The van der Waals surface area contributed by atoms with E-state index in [9.17, 15) is 24.9 Å². The number of rotatable bonds is 8. The smallest absolute Gasteiger partial charge is 0.545 e. The first-order valence-electron chi connectivity index (χ1n) is 8.68. The van der Waals surface area contributed by atoms with Crippen LogP contribution >= 0.6 is 0 Å². The third kappa shape index (κ3) is 8.16. The van der Waals surface area contributed by atoms with Gasteiger partial charge in [-0.2, -0.15) is 0 Å². The molecule has 3 N–H and O–H groups in total. The van der Waals surface area contributed by atoms with E-state index in [1.165, 1.54) is 0 Å². The van der Waals surface area contributed by atoms with Gasteiger partial charge in [0.05, 0.1) is 18.0 Å². The second kappa shape index (κ2) is 13.8. The van der Waals surface area contributed by atoms with Gasteiger partial charge in [0.2, 0.25) is 0 Å². The third-order valence-electron chi connectivity index (χ3n) is 4.59. The molecule has 1 aliphatic rings. The van der Waals surface area contributed by atoms with E-state index in [0.29, 0.717) is 50.1 Å². The van der Waals surface area contributed by atoms with Crippen LogP contribution in [0.15, 0.2) is 35.4 Å². The van der Waals surface area contributed by atoms with Gasteiger partial charge in [-0.05, 0) is 66.9 Å². The number of aliphatic hydroxyl groups excluding tert-OH is 1. The molecule has 0 atom stereocenters. The number of carboxylic acid groups (broad SMARTS) is 2. The van der Waals surface area contributed by atoms with Gasteiger partial charge in [-0.15, -0.1) is 0 Å². The molecular weight excluding hydrogens is 384 g/mol. The van der Waals surface area contributed by atoms with E-state index in [4.69, 9.17) is 10.5 Å². The molecule has 0 saturated heterocycles. The summed E-state index contributed by atoms with van der Waals surface area (Å²) in [6.07, 6.45) is 1.15. The second-order valence-corrected chi connectivity index (χ2v) is 6.43. The number of carbonyl (C=O) groups is 2. The van der Waals surface area contributed by atoms with E-state index in [2.05, 4.69) is 0 Å². The quantitative estimate of drug-likeness (QED) is 0.323. The number of carboxylic acids is 2. The van der Waals surface area contributed by atoms with Crippen LogP contribution in [0.4, 0.5) is 0 Å². The van der Waals surface area contributed by atoms with Gasteiger partial charge < -0.3 is 35.4 Å². The molecule has 1 aromatic rings. The van der Waals surface area contributed by atoms with Crippen molar-refractivity contribution in [2.45, 2.75) is 38.2 Å². The van der Waals surface area contributed by atoms with Crippen molar-refractivity contribution in [3.05, 3.63) is 41.0 Å². The fraction of sp³-hybridized carbons (Fsp3) is 0.474. The summed E-state index contributed by atoms with van der Waals surface area (Å²) in [7, 11) is 0. The first kappa shape index (κ1) is 27.6. The van der Waals surface area contributed by atoms with Gasteiger partial charge in [-0.3, -0.25) is 0 Å². The number of benzene rings is 1. The van der Waals surface area contributed by atoms with Gasteiger partial charge >= 0.3 is 59.1 Å². The van der Waals surface area contributed by atoms with Gasteiger partial charge in [0.25, 0.3) is 0 Å². The van der Waals surface area contributed by atoms with Crippen LogP contribution in [0, 0.1) is 5.92 Å². The normalized spacial score (nSPS) is 19.5. The molecule has 28 heavy (non-hydrogen) atoms. The van der Waals surface area contributed by atoms with E-state index in [-0.39, 0.29) is 76.7 Å². The predicted molar refractivity (Wildman–Crippen MR) is 89.7 cm³/mol. The van der Waals surface area contributed by atoms with Gasteiger partial charge in [0.1, 0.15) is 12.4 Å². The minimum atomic E-state index is -1.52. The van der Waals surface area contributed by atoms with Crippen molar-refractivity contribution < 1.29 is 88.8 Å². The van der Waals surface area contributed by atoms with Crippen molar-refractivity contribution in [2.24, 2.45) is 11.7 Å². The largest absolute Gasteiger partial charge is 1.00 e. The Morgan fingerprint density at radius 2 is 1.61 bits per heavy atom. The molecule has 0 bridgehead atoms. The van der Waals surface area contributed by atoms with Crippen molar-refractivity contribution in [2.75, 3.05) is 13.2 Å². The SMILES string of the molecule is NCCOc1ccc(C/C(C(=O)[O-])=C(/C(=O)[O-])[C@H]2CC[C@@H](O)CC2)cc1.[Na+].[Na+]. The van der Waals surface area contributed by atoms with Crippen molar-refractivity contribution in [1.29, 1.82) is 0 Å². The summed E-state index contributed by atoms with van der Waals surface area (Å²) >= 11 is 0. The Kier molecular flexibility index (Phi) is 13.6. The number of aliphatic carboxylic acids is 2. The maximum absolute atomic E-state index is 11.6. The summed E-state index contributed by atoms with van der Waals surface area (Å²) in [6.45, 7) is 0.746. The summed E-state index contributed by atoms with van der Waals surface area (Å²) in [4.78, 5) is 23.3. The molecule has 7 nitrogen and oxygen atoms in total. The third-order valence-corrected chi connectivity index (χ3v) is 4.59. The van der Waals surface area contributed by atoms with Crippen LogP contribution in [0.5, 0.6) is 5.75 Å². The number of hydrogen-bond acceptors (Lipinski definition) is 7. The molecular formula is C19H23NNa2O6. The molecule has 0 heterocycles. The summed E-state index contributed by atoms with van der Waals surface area (Å²) in [5.74, 6) is -2.87. The van der Waals surface area contributed by atoms with E-state index in [0.717, 1.165) is 0 Å². The zero-order valence-electron chi connectivity index (χ0n) is 16.5. The summed E-state index contributed by atoms with van der Waals surface area (Å²) in [6, 6.07) is 6.69. The number of hydrogen-bond donors (Lipinski definition) is 2. The van der Waals surface area contributed by atoms with Crippen LogP contribution in [0.25, 0.3) is 0 Å². The molecule has 1 aromatic carbocycles. The average Bonchev–Trinajstić information content (AvgIpc) is 2.61. The van der Waals surface area contributed by atoms with E-state index in [1.807, 2.05) is 0 Å². The molecule has 0 aromatic heterocycles. The Hall–Kier alpha value is -0.380. The Labute approximate surface area is 208 Å². The summed E-state index contributed by atoms with van der Waals surface area (Å²) < 4.78 is 5.36. The van der Waals surface area contributed by atoms with Crippen molar-refractivity contribution in [1.82, 2.24) is 0 Å². The van der Waals surface area contributed by atoms with Crippen LogP contribution in [-0.4, -0.2) is 36.3 Å². The Morgan fingerprint density at radius 1 is 1.04 bits per heavy atom. The van der Waals surface area contributed by atoms with E-state index >= 15 is 0 Å². The molecule has 0 spiro atoms. The molecule has 142 valence electrons. The van der Waals surface area contributed by atoms with Crippen LogP contribution in [0.2, 0.25) is 0 Å². The van der Waals surface area contributed by atoms with Crippen molar-refractivity contribution in [3.8, 4) is 5.75 Å². The average molecular weight is 407 g/mol. The molecule has 2 rings (SSSR count). The molecule has 9 heteroatoms. The summed E-state index contributed by atoms with van der Waals surface area (Å²) in [5.41, 5.74) is 5.49. The summed E-state index contributed by atoms with van der Waals surface area (Å²) in [5, 5.41) is 32.8. The zero-order valence-corrected chi connectivity index (χ0v) is 20.5. The van der Waals surface area contributed by atoms with Gasteiger partial charge in [-0.25, -0.2) is 0 Å². The molecule has 0 unspecified atom stereocenters. The van der Waals surface area contributed by atoms with Crippen LogP contribution in [0.3, 0.4) is 0 Å². The van der Waals surface area contributed by atoms with E-state index < -0.39 is 24.0 Å². The molecule has 1 saturated carbocycles. The fourth-order valence-corrected chi connectivity index (χ4v) is 3.26. The molecule has 1 aliphatic carbocycles. The maximum atomic E-state index is 11.6. The predicted octanol–water partition coefficient (Wildman–Crippen LogP) is -7.08. The number of carbonyl (C=O) groups excluding carboxylic acids is 2. The topological polar surface area (TPSA) is 136 Å². The zero-order chi connectivity index (χ0) is 19.1. The van der Waals surface area contributed by atoms with Crippen LogP contribution < -0.4 is 79.8 Å². The number of ether oxygens (including phenoxy) is 1. The van der Waals surface area contributed by atoms with Gasteiger partial charge in [0.15, 0.2) is 0 Å². The van der Waals surface area contributed by atoms with E-state index in [1.54, 1.807) is 24.3 Å². The van der Waals surface area contributed by atoms with Crippen LogP contribution in [-0.2, 0) is 16.0 Å². The molecule has 0 aliphatic heterocycles. The standard InChI is InChI=1S/C19H25NO6.2Na/c20-9-10-26-15-7-1-12(2-8-15)11-16(18(22)23)17(19(24)25)13-3-5-14(21)6-4-13;;/h1-2,7-8,13-14,21H,3-6,9-11,20H2,(H,22,23)(H,24,25);;/q;2*+1/p-2/b17-16-;;/t13-,14+;;. The fourth-order valence-electron chi connectivity index (χ4n) is 3.26. The number of nitrogens with two attached hydrogens (primary N) is 1. The minimum absolute atomic E-state index is 0. The molecule has 1 fully saturated rings. The monoisotopic (exact) mass is 407 g/mol. The van der Waals surface area contributed by atoms with Crippen LogP contribution in [0.1, 0.15) is 31.2 Å². The first-order valence-corrected chi connectivity index (χ1v) is 8.68. The Bertz CT molecular complexity index is 670. The second-order valence-electron chi connectivity index (χ2n) is 6.43. The van der Waals surface area contributed by atoms with Crippen molar-refractivity contribution in [3.63, 3.8) is 0 Å². The first-order chi connectivity index (χ1) is 12.4. The van der Waals surface area contributed by atoms with Gasteiger partial charge in [0, 0.05) is 6.54 Å². The maximum Gasteiger partial charge on any atom is 1.00 e. The molecule has 0 radical (unpaired) electrons. The Morgan fingerprint density at radius 3 is 2.07 bits per heavy atom. The Balaban J connectivity index is 0.00000364. The minimum Gasteiger partial charge on any atom is -0.545 e.